The molecule has 0 heterocycles. The Morgan fingerprint density at radius 1 is 1.36 bits per heavy atom. The van der Waals surface area contributed by atoms with Crippen LogP contribution in [0.15, 0.2) is 24.3 Å². The molecule has 1 aromatic rings. The zero-order chi connectivity index (χ0) is 18.8. The first-order valence-electron chi connectivity index (χ1n) is 7.86. The van der Waals surface area contributed by atoms with E-state index in [9.17, 15) is 24.6 Å². The van der Waals surface area contributed by atoms with Crippen molar-refractivity contribution in [2.75, 3.05) is 7.05 Å². The van der Waals surface area contributed by atoms with Gasteiger partial charge in [-0.25, -0.2) is 0 Å². The number of carboxylic acids is 2. The monoisotopic (exact) mass is 369 g/mol. The number of likely N-dealkylation sites (N-methyl/N-ethyl adjacent to an activating group) is 1. The third kappa shape index (κ3) is 3.53. The summed E-state index contributed by atoms with van der Waals surface area (Å²) in [6, 6.07) is 5.08. The van der Waals surface area contributed by atoms with Crippen molar-refractivity contribution in [2.45, 2.75) is 43.4 Å². The van der Waals surface area contributed by atoms with Crippen molar-refractivity contribution in [3.05, 3.63) is 34.9 Å². The molecule has 0 bridgehead atoms. The molecule has 0 radical (unpaired) electrons. The highest BCUT2D eigenvalue weighted by Gasteiger charge is 2.52. The molecule has 0 aliphatic heterocycles. The Morgan fingerprint density at radius 3 is 2.56 bits per heavy atom. The standard InChI is InChI=1S/C17H20ClNO6/c1-19(12(16(24)25)9-14(21)22)17(8-4-7-13(20)15(17)23)10-5-2-3-6-11(10)18/h2-3,5-6,12-13,20H,4,7-9H2,1H3,(H,21,22)(H,24,25)/t12-,13-,17+/m0/s1. The zero-order valence-electron chi connectivity index (χ0n) is 13.7. The average Bonchev–Trinajstić information content (AvgIpc) is 2.55. The summed E-state index contributed by atoms with van der Waals surface area (Å²) in [6.07, 6.45) is -0.947. The van der Waals surface area contributed by atoms with Crippen molar-refractivity contribution in [3.63, 3.8) is 0 Å². The van der Waals surface area contributed by atoms with Crippen LogP contribution in [-0.2, 0) is 19.9 Å². The molecular formula is C17H20ClNO6. The Kier molecular flexibility index (Phi) is 5.82. The average molecular weight is 370 g/mol. The number of aliphatic carboxylic acids is 2. The van der Waals surface area contributed by atoms with Gasteiger partial charge in [-0.1, -0.05) is 29.8 Å². The topological polar surface area (TPSA) is 115 Å². The summed E-state index contributed by atoms with van der Waals surface area (Å²) in [6.45, 7) is 0. The molecule has 136 valence electrons. The number of ketones is 1. The van der Waals surface area contributed by atoms with Crippen molar-refractivity contribution in [3.8, 4) is 0 Å². The van der Waals surface area contributed by atoms with Crippen molar-refractivity contribution in [1.82, 2.24) is 4.90 Å². The van der Waals surface area contributed by atoms with Gasteiger partial charge in [-0.2, -0.15) is 0 Å². The van der Waals surface area contributed by atoms with E-state index in [-0.39, 0.29) is 17.9 Å². The highest BCUT2D eigenvalue weighted by atomic mass is 35.5. The summed E-state index contributed by atoms with van der Waals surface area (Å²) >= 11 is 6.27. The Morgan fingerprint density at radius 2 is 2.00 bits per heavy atom. The van der Waals surface area contributed by atoms with E-state index in [1.54, 1.807) is 24.3 Å². The number of carbonyl (C=O) groups is 3. The van der Waals surface area contributed by atoms with Crippen LogP contribution in [0.4, 0.5) is 0 Å². The van der Waals surface area contributed by atoms with Crippen molar-refractivity contribution in [2.24, 2.45) is 0 Å². The third-order valence-electron chi connectivity index (χ3n) is 4.77. The highest BCUT2D eigenvalue weighted by molar-refractivity contribution is 6.31. The molecule has 1 aliphatic rings. The van der Waals surface area contributed by atoms with Crippen LogP contribution < -0.4 is 0 Å². The van der Waals surface area contributed by atoms with Crippen molar-refractivity contribution < 1.29 is 29.7 Å². The number of Topliss-reactive ketones (excluding diaryl/α,β-unsaturated/α-hetero) is 1. The molecule has 3 atom stereocenters. The van der Waals surface area contributed by atoms with Crippen LogP contribution in [0.1, 0.15) is 31.2 Å². The van der Waals surface area contributed by atoms with E-state index in [0.717, 1.165) is 0 Å². The number of carboxylic acid groups (broad SMARTS) is 2. The smallest absolute Gasteiger partial charge is 0.321 e. The van der Waals surface area contributed by atoms with Crippen LogP contribution in [0.25, 0.3) is 0 Å². The van der Waals surface area contributed by atoms with Crippen LogP contribution in [0.2, 0.25) is 5.02 Å². The minimum atomic E-state index is -1.49. The fourth-order valence-electron chi connectivity index (χ4n) is 3.51. The highest BCUT2D eigenvalue weighted by Crippen LogP contribution is 2.43. The Bertz CT molecular complexity index is 693. The number of carbonyl (C=O) groups excluding carboxylic acids is 1. The SMILES string of the molecule is CN([C@@H](CC(=O)O)C(=O)O)[C@@]1(c2ccccc2Cl)CCC[C@H](O)C1=O. The van der Waals surface area contributed by atoms with Crippen LogP contribution >= 0.6 is 11.6 Å². The summed E-state index contributed by atoms with van der Waals surface area (Å²) in [4.78, 5) is 37.0. The van der Waals surface area contributed by atoms with E-state index in [2.05, 4.69) is 0 Å². The lowest BCUT2D eigenvalue weighted by Crippen LogP contribution is -2.61. The molecule has 7 nitrogen and oxygen atoms in total. The van der Waals surface area contributed by atoms with E-state index < -0.39 is 41.8 Å². The maximum Gasteiger partial charge on any atom is 0.321 e. The number of aliphatic hydroxyl groups is 1. The van der Waals surface area contributed by atoms with Gasteiger partial charge < -0.3 is 15.3 Å². The molecule has 0 aromatic heterocycles. The second-order valence-electron chi connectivity index (χ2n) is 6.18. The van der Waals surface area contributed by atoms with Crippen molar-refractivity contribution in [1.29, 1.82) is 0 Å². The maximum atomic E-state index is 13.0. The Labute approximate surface area is 149 Å². The van der Waals surface area contributed by atoms with Crippen LogP contribution in [-0.4, -0.2) is 57.1 Å². The van der Waals surface area contributed by atoms with Gasteiger partial charge in [0, 0.05) is 5.02 Å². The summed E-state index contributed by atoms with van der Waals surface area (Å²) in [7, 11) is 1.39. The van der Waals surface area contributed by atoms with Gasteiger partial charge in [-0.05, 0) is 37.9 Å². The predicted molar refractivity (Wildman–Crippen MR) is 89.4 cm³/mol. The second-order valence-corrected chi connectivity index (χ2v) is 6.58. The molecule has 1 aromatic carbocycles. The summed E-state index contributed by atoms with van der Waals surface area (Å²) < 4.78 is 0. The fourth-order valence-corrected chi connectivity index (χ4v) is 3.80. The van der Waals surface area contributed by atoms with Gasteiger partial charge in [0.15, 0.2) is 5.78 Å². The number of rotatable bonds is 6. The van der Waals surface area contributed by atoms with E-state index >= 15 is 0 Å². The van der Waals surface area contributed by atoms with Gasteiger partial charge >= 0.3 is 11.9 Å². The molecule has 1 aliphatic carbocycles. The fraction of sp³-hybridized carbons (Fsp3) is 0.471. The predicted octanol–water partition coefficient (Wildman–Crippen LogP) is 1.51. The lowest BCUT2D eigenvalue weighted by Gasteiger charge is -2.47. The molecular weight excluding hydrogens is 350 g/mol. The third-order valence-corrected chi connectivity index (χ3v) is 5.10. The summed E-state index contributed by atoms with van der Waals surface area (Å²) in [5, 5.41) is 28.9. The van der Waals surface area contributed by atoms with Gasteiger partial charge in [-0.15, -0.1) is 0 Å². The molecule has 25 heavy (non-hydrogen) atoms. The maximum absolute atomic E-state index is 13.0. The van der Waals surface area contributed by atoms with E-state index in [1.807, 2.05) is 0 Å². The number of hydrogen-bond donors (Lipinski definition) is 3. The van der Waals surface area contributed by atoms with Gasteiger partial charge in [-0.3, -0.25) is 19.3 Å². The van der Waals surface area contributed by atoms with Gasteiger partial charge in [0.2, 0.25) is 0 Å². The van der Waals surface area contributed by atoms with Crippen LogP contribution in [0, 0.1) is 0 Å². The summed E-state index contributed by atoms with van der Waals surface area (Å²) in [5.41, 5.74) is -1.12. The molecule has 1 fully saturated rings. The molecule has 0 amide bonds. The van der Waals surface area contributed by atoms with Gasteiger partial charge in [0.05, 0.1) is 6.42 Å². The number of nitrogens with zero attached hydrogens (tertiary/aromatic N) is 1. The minimum Gasteiger partial charge on any atom is -0.481 e. The number of benzene rings is 1. The quantitative estimate of drug-likeness (QED) is 0.696. The molecule has 8 heteroatoms. The molecule has 1 saturated carbocycles. The minimum absolute atomic E-state index is 0.243. The van der Waals surface area contributed by atoms with Gasteiger partial charge in [0.25, 0.3) is 0 Å². The number of aliphatic hydroxyl groups excluding tert-OH is 1. The van der Waals surface area contributed by atoms with Crippen molar-refractivity contribution >= 4 is 29.3 Å². The first kappa shape index (κ1) is 19.4. The van der Waals surface area contributed by atoms with Gasteiger partial charge in [0.1, 0.15) is 17.7 Å². The first-order chi connectivity index (χ1) is 11.7. The number of halogens is 1. The molecule has 0 unspecified atom stereocenters. The zero-order valence-corrected chi connectivity index (χ0v) is 14.4. The molecule has 2 rings (SSSR count). The Balaban J connectivity index is 2.63. The molecule has 0 spiro atoms. The Hall–Kier alpha value is -1.96. The van der Waals surface area contributed by atoms with E-state index in [4.69, 9.17) is 16.7 Å². The largest absolute Gasteiger partial charge is 0.481 e. The second kappa shape index (κ2) is 7.51. The van der Waals surface area contributed by atoms with E-state index in [0.29, 0.717) is 12.0 Å². The lowest BCUT2D eigenvalue weighted by molar-refractivity contribution is -0.159. The summed E-state index contributed by atoms with van der Waals surface area (Å²) in [5.74, 6) is -3.22. The van der Waals surface area contributed by atoms with E-state index in [1.165, 1.54) is 11.9 Å². The molecule has 3 N–H and O–H groups in total. The lowest BCUT2D eigenvalue weighted by atomic mass is 9.72. The normalized spacial score (nSPS) is 25.0. The molecule has 0 saturated heterocycles. The number of hydrogen-bond acceptors (Lipinski definition) is 5. The first-order valence-corrected chi connectivity index (χ1v) is 8.24. The van der Waals surface area contributed by atoms with Crippen LogP contribution in [0.5, 0.6) is 0 Å². The van der Waals surface area contributed by atoms with Crippen LogP contribution in [0.3, 0.4) is 0 Å².